The molecule has 0 heterocycles. The lowest BCUT2D eigenvalue weighted by Crippen LogP contribution is -2.48. The van der Waals surface area contributed by atoms with Gasteiger partial charge in [-0.05, 0) is 32.1 Å². The van der Waals surface area contributed by atoms with Gasteiger partial charge in [-0.25, -0.2) is 0 Å². The molecule has 0 aromatic carbocycles. The first-order valence-corrected chi connectivity index (χ1v) is 13.6. The summed E-state index contributed by atoms with van der Waals surface area (Å²) in [4.78, 5) is 0. The molecule has 0 aliphatic heterocycles. The fraction of sp³-hybridized carbons (Fsp3) is 1.00. The Labute approximate surface area is 145 Å². The molecule has 6 heteroatoms. The lowest BCUT2D eigenvalue weighted by atomic mass is 10.5. The summed E-state index contributed by atoms with van der Waals surface area (Å²) in [5.41, 5.74) is 0. The van der Waals surface area contributed by atoms with Crippen LogP contribution >= 0.6 is 7.14 Å². The maximum atomic E-state index is 13.5. The van der Waals surface area contributed by atoms with Crippen LogP contribution < -0.4 is 0 Å². The van der Waals surface area contributed by atoms with Gasteiger partial charge in [0.1, 0.15) is 13.0 Å². The van der Waals surface area contributed by atoms with E-state index in [1.807, 2.05) is 0 Å². The summed E-state index contributed by atoms with van der Waals surface area (Å²) in [6.07, 6.45) is 6.02. The fourth-order valence-electron chi connectivity index (χ4n) is 2.79. The van der Waals surface area contributed by atoms with Crippen LogP contribution in [0, 0.1) is 0 Å². The highest BCUT2D eigenvalue weighted by Crippen LogP contribution is 2.54. The summed E-state index contributed by atoms with van der Waals surface area (Å²) in [6, 6.07) is 0.738. The Morgan fingerprint density at radius 3 is 1.61 bits per heavy atom. The maximum Gasteiger partial charge on any atom is 0.501 e. The molecule has 0 rings (SSSR count). The van der Waals surface area contributed by atoms with Gasteiger partial charge in [0.25, 0.3) is 0 Å². The molecule has 0 N–H and O–H groups in total. The number of hydrogen-bond acceptors (Lipinski definition) is 4. The second-order valence-electron chi connectivity index (χ2n) is 6.11. The summed E-state index contributed by atoms with van der Waals surface area (Å²) in [5, 5.41) is 0. The van der Waals surface area contributed by atoms with Crippen molar-refractivity contribution in [2.24, 2.45) is 0 Å². The first-order chi connectivity index (χ1) is 11.0. The van der Waals surface area contributed by atoms with Crippen molar-refractivity contribution >= 4 is 15.9 Å². The number of rotatable bonds is 15. The van der Waals surface area contributed by atoms with Gasteiger partial charge in [-0.2, -0.15) is 0 Å². The highest BCUT2D eigenvalue weighted by molar-refractivity contribution is 7.64. The third kappa shape index (κ3) is 7.83. The zero-order chi connectivity index (χ0) is 17.8. The molecule has 23 heavy (non-hydrogen) atoms. The van der Waals surface area contributed by atoms with Gasteiger partial charge in [0.2, 0.25) is 0 Å². The Hall–Kier alpha value is 0.327. The second-order valence-corrected chi connectivity index (χ2v) is 12.4. The van der Waals surface area contributed by atoms with E-state index in [0.29, 0.717) is 13.2 Å². The van der Waals surface area contributed by atoms with Gasteiger partial charge in [0, 0.05) is 31.6 Å². The molecular weight excluding hydrogens is 327 g/mol. The van der Waals surface area contributed by atoms with E-state index in [4.69, 9.17) is 13.3 Å². The van der Waals surface area contributed by atoms with Crippen molar-refractivity contribution in [2.45, 2.75) is 85.5 Å². The van der Waals surface area contributed by atoms with E-state index in [1.54, 1.807) is 0 Å². The maximum absolute atomic E-state index is 13.5. The quantitative estimate of drug-likeness (QED) is 0.274. The van der Waals surface area contributed by atoms with Crippen molar-refractivity contribution < 1.29 is 17.8 Å². The molecule has 0 aromatic rings. The van der Waals surface area contributed by atoms with Gasteiger partial charge in [0.15, 0.2) is 0 Å². The highest BCUT2D eigenvalue weighted by atomic mass is 31.2. The largest absolute Gasteiger partial charge is 0.501 e. The molecule has 0 fully saturated rings. The summed E-state index contributed by atoms with van der Waals surface area (Å²) in [7, 11) is -5.09. The molecule has 140 valence electrons. The van der Waals surface area contributed by atoms with Crippen LogP contribution in [0.15, 0.2) is 0 Å². The molecule has 0 spiro atoms. The topological polar surface area (TPSA) is 44.8 Å². The predicted octanol–water partition coefficient (Wildman–Crippen LogP) is 5.73. The minimum Gasteiger partial charge on any atom is -0.373 e. The smallest absolute Gasteiger partial charge is 0.373 e. The van der Waals surface area contributed by atoms with E-state index in [-0.39, 0.29) is 5.85 Å². The van der Waals surface area contributed by atoms with Crippen LogP contribution in [0.25, 0.3) is 0 Å². The lowest BCUT2D eigenvalue weighted by molar-refractivity contribution is 0.0481. The molecule has 0 radical (unpaired) electrons. The monoisotopic (exact) mass is 366 g/mol. The van der Waals surface area contributed by atoms with Crippen LogP contribution in [0.2, 0.25) is 6.04 Å². The summed E-state index contributed by atoms with van der Waals surface area (Å²) < 4.78 is 32.1. The van der Waals surface area contributed by atoms with Crippen molar-refractivity contribution in [1.29, 1.82) is 0 Å². The van der Waals surface area contributed by atoms with Crippen molar-refractivity contribution in [3.8, 4) is 0 Å². The average molecular weight is 367 g/mol. The van der Waals surface area contributed by atoms with Crippen LogP contribution in [-0.2, 0) is 17.8 Å². The Morgan fingerprint density at radius 1 is 0.826 bits per heavy atom. The van der Waals surface area contributed by atoms with Gasteiger partial charge >= 0.3 is 8.80 Å². The fourth-order valence-corrected chi connectivity index (χ4v) is 9.42. The van der Waals surface area contributed by atoms with Crippen molar-refractivity contribution in [3.63, 3.8) is 0 Å². The van der Waals surface area contributed by atoms with Crippen LogP contribution in [0.1, 0.15) is 73.6 Å². The first-order valence-electron chi connectivity index (χ1n) is 9.50. The standard InChI is InChI=1S/C17H39O4PSi/c1-7-13-19-23(12-6,20-14-8-2)21-17(11-5)22(18,15-9-3)16-10-4/h17H,7-16H2,1-6H3. The SMILES string of the molecule is CCCO[Si](CC)(OCCC)OC(CC)P(=O)(CCC)CCC. The van der Waals surface area contributed by atoms with Crippen LogP contribution in [0.3, 0.4) is 0 Å². The van der Waals surface area contributed by atoms with E-state index in [9.17, 15) is 4.57 Å². The Bertz CT molecular complexity index is 321. The van der Waals surface area contributed by atoms with Crippen molar-refractivity contribution in [3.05, 3.63) is 0 Å². The van der Waals surface area contributed by atoms with Gasteiger partial charge in [-0.15, -0.1) is 0 Å². The molecule has 0 aliphatic rings. The lowest BCUT2D eigenvalue weighted by Gasteiger charge is -2.36. The van der Waals surface area contributed by atoms with Gasteiger partial charge in [-0.1, -0.05) is 41.5 Å². The zero-order valence-corrected chi connectivity index (χ0v) is 18.1. The van der Waals surface area contributed by atoms with Crippen molar-refractivity contribution in [1.82, 2.24) is 0 Å². The normalized spacial score (nSPS) is 14.2. The predicted molar refractivity (Wildman–Crippen MR) is 102 cm³/mol. The van der Waals surface area contributed by atoms with E-state index >= 15 is 0 Å². The third-order valence-electron chi connectivity index (χ3n) is 3.88. The zero-order valence-electron chi connectivity index (χ0n) is 16.2. The molecule has 0 amide bonds. The summed E-state index contributed by atoms with van der Waals surface area (Å²) in [5.74, 6) is -0.220. The summed E-state index contributed by atoms with van der Waals surface area (Å²) >= 11 is 0. The Balaban J connectivity index is 5.31. The third-order valence-corrected chi connectivity index (χ3v) is 10.8. The number of hydrogen-bond donors (Lipinski definition) is 0. The molecule has 0 aromatic heterocycles. The highest BCUT2D eigenvalue weighted by Gasteiger charge is 2.45. The van der Waals surface area contributed by atoms with Gasteiger partial charge in [0.05, 0.1) is 0 Å². The molecular formula is C17H39O4PSi. The van der Waals surface area contributed by atoms with E-state index in [0.717, 1.165) is 50.5 Å². The molecule has 1 atom stereocenters. The molecule has 0 aliphatic carbocycles. The average Bonchev–Trinajstić information content (AvgIpc) is 2.55. The molecule has 0 bridgehead atoms. The molecule has 0 saturated carbocycles. The van der Waals surface area contributed by atoms with Crippen LogP contribution in [0.4, 0.5) is 0 Å². The Morgan fingerprint density at radius 2 is 1.30 bits per heavy atom. The molecule has 0 saturated heterocycles. The molecule has 4 nitrogen and oxygen atoms in total. The van der Waals surface area contributed by atoms with Crippen LogP contribution in [0.5, 0.6) is 0 Å². The van der Waals surface area contributed by atoms with Gasteiger partial charge in [-0.3, -0.25) is 0 Å². The van der Waals surface area contributed by atoms with Crippen LogP contribution in [-0.4, -0.2) is 40.2 Å². The Kier molecular flexibility index (Phi) is 12.8. The van der Waals surface area contributed by atoms with E-state index in [1.165, 1.54) is 0 Å². The van der Waals surface area contributed by atoms with E-state index in [2.05, 4.69) is 41.5 Å². The van der Waals surface area contributed by atoms with E-state index < -0.39 is 15.9 Å². The summed E-state index contributed by atoms with van der Waals surface area (Å²) in [6.45, 7) is 13.8. The second kappa shape index (κ2) is 12.7. The minimum absolute atomic E-state index is 0.220. The van der Waals surface area contributed by atoms with Gasteiger partial charge < -0.3 is 17.8 Å². The minimum atomic E-state index is -2.74. The first kappa shape index (κ1) is 23.3. The molecule has 1 unspecified atom stereocenters. The van der Waals surface area contributed by atoms with Crippen molar-refractivity contribution in [2.75, 3.05) is 25.5 Å².